The van der Waals surface area contributed by atoms with E-state index in [9.17, 15) is 32.8 Å². The van der Waals surface area contributed by atoms with Crippen LogP contribution in [0.25, 0.3) is 0 Å². The van der Waals surface area contributed by atoms with Crippen molar-refractivity contribution in [1.29, 1.82) is 0 Å². The number of carbonyl (C=O) groups excluding carboxylic acids is 4. The third-order valence-electron chi connectivity index (χ3n) is 6.67. The van der Waals surface area contributed by atoms with Gasteiger partial charge in [-0.2, -0.15) is 0 Å². The van der Waals surface area contributed by atoms with Crippen molar-refractivity contribution in [2.75, 3.05) is 13.1 Å². The van der Waals surface area contributed by atoms with Crippen molar-refractivity contribution >= 4 is 30.0 Å². The van der Waals surface area contributed by atoms with E-state index in [-0.39, 0.29) is 43.5 Å². The number of benzene rings is 2. The number of unbranched alkanes of at least 4 members (excludes halogenated alkanes) is 1. The summed E-state index contributed by atoms with van der Waals surface area (Å²) in [5.41, 5.74) is 0.0331. The number of halogens is 2. The van der Waals surface area contributed by atoms with Gasteiger partial charge in [0.15, 0.2) is 0 Å². The maximum absolute atomic E-state index is 14.2. The Morgan fingerprint density at radius 1 is 1.02 bits per heavy atom. The van der Waals surface area contributed by atoms with Crippen LogP contribution in [-0.4, -0.2) is 72.0 Å². The molecule has 2 aromatic rings. The van der Waals surface area contributed by atoms with Crippen LogP contribution in [0.1, 0.15) is 61.5 Å². The van der Waals surface area contributed by atoms with Crippen LogP contribution in [0.15, 0.2) is 42.5 Å². The zero-order chi connectivity index (χ0) is 33.1. The summed E-state index contributed by atoms with van der Waals surface area (Å²) in [6, 6.07) is 7.52. The molecule has 0 aromatic heterocycles. The molecule has 2 aromatic carbocycles. The van der Waals surface area contributed by atoms with Crippen molar-refractivity contribution in [3.63, 3.8) is 0 Å². The monoisotopic (exact) mass is 632 g/mol. The van der Waals surface area contributed by atoms with Gasteiger partial charge in [-0.3, -0.25) is 9.59 Å². The molecule has 0 bridgehead atoms. The average molecular weight is 633 g/mol. The summed E-state index contributed by atoms with van der Waals surface area (Å²) in [5.74, 6) is -3.30. The Kier molecular flexibility index (Phi) is 12.2. The van der Waals surface area contributed by atoms with Crippen molar-refractivity contribution in [2.45, 2.75) is 76.7 Å². The van der Waals surface area contributed by atoms with E-state index in [1.165, 1.54) is 12.1 Å². The summed E-state index contributed by atoms with van der Waals surface area (Å²) < 4.78 is 38.3. The molecule has 1 aliphatic heterocycles. The Morgan fingerprint density at radius 2 is 1.69 bits per heavy atom. The number of alkyl carbamates (subject to hydrolysis) is 2. The first-order valence-corrected chi connectivity index (χ1v) is 14.5. The van der Waals surface area contributed by atoms with Crippen LogP contribution in [0.2, 0.25) is 0 Å². The standard InChI is InChI=1S/C31H38F2N4O8/c1-31(2,3)45-30(43)36-22(16-20-15-21(32)10-11-23(20)33)17-25(38)34-12-4-5-13-35-27(39)26-24(37-29(42)44-26)14-18-6-8-19(9-7-18)28(40)41/h6-11,15,22,24,26H,4-5,12-14,16-17H2,1-3H3,(H,34,38)(H,35,39)(H,36,43)(H,37,42)(H,40,41)/t22?,24-,26+/m1/s1. The van der Waals surface area contributed by atoms with Gasteiger partial charge in [0.1, 0.15) is 17.2 Å². The second-order valence-corrected chi connectivity index (χ2v) is 11.6. The van der Waals surface area contributed by atoms with E-state index in [1.807, 2.05) is 0 Å². The lowest BCUT2D eigenvalue weighted by molar-refractivity contribution is -0.128. The zero-order valence-corrected chi connectivity index (χ0v) is 25.3. The van der Waals surface area contributed by atoms with Crippen molar-refractivity contribution in [1.82, 2.24) is 21.3 Å². The number of ether oxygens (including phenoxy) is 2. The molecular weight excluding hydrogens is 594 g/mol. The lowest BCUT2D eigenvalue weighted by Gasteiger charge is -2.23. The molecule has 45 heavy (non-hydrogen) atoms. The van der Waals surface area contributed by atoms with Crippen LogP contribution in [0.5, 0.6) is 0 Å². The third kappa shape index (κ3) is 11.7. The van der Waals surface area contributed by atoms with Crippen LogP contribution >= 0.6 is 0 Å². The molecule has 1 heterocycles. The van der Waals surface area contributed by atoms with Crippen LogP contribution < -0.4 is 21.3 Å². The van der Waals surface area contributed by atoms with E-state index in [0.717, 1.165) is 18.2 Å². The molecule has 244 valence electrons. The van der Waals surface area contributed by atoms with Gasteiger partial charge in [-0.05, 0) is 87.9 Å². The second kappa shape index (κ2) is 15.8. The number of carbonyl (C=O) groups is 5. The number of amides is 4. The molecule has 1 fully saturated rings. The minimum atomic E-state index is -1.08. The lowest BCUT2D eigenvalue weighted by atomic mass is 10.0. The Morgan fingerprint density at radius 3 is 2.33 bits per heavy atom. The Hall–Kier alpha value is -4.75. The van der Waals surface area contributed by atoms with E-state index in [4.69, 9.17) is 14.6 Å². The van der Waals surface area contributed by atoms with Crippen molar-refractivity contribution in [3.8, 4) is 0 Å². The quantitative estimate of drug-likeness (QED) is 0.198. The van der Waals surface area contributed by atoms with Gasteiger partial charge in [0.25, 0.3) is 5.91 Å². The molecule has 5 N–H and O–H groups in total. The molecule has 1 aliphatic rings. The largest absolute Gasteiger partial charge is 0.478 e. The van der Waals surface area contributed by atoms with E-state index >= 15 is 0 Å². The molecule has 4 amide bonds. The number of cyclic esters (lactones) is 1. The van der Waals surface area contributed by atoms with Gasteiger partial charge in [-0.1, -0.05) is 12.1 Å². The summed E-state index contributed by atoms with van der Waals surface area (Å²) >= 11 is 0. The molecule has 0 spiro atoms. The average Bonchev–Trinajstić information content (AvgIpc) is 3.31. The number of hydrogen-bond donors (Lipinski definition) is 5. The number of carboxylic acids is 1. The number of nitrogens with one attached hydrogen (secondary N) is 4. The smallest absolute Gasteiger partial charge is 0.408 e. The number of rotatable bonds is 14. The first kappa shape index (κ1) is 34.7. The predicted molar refractivity (Wildman–Crippen MR) is 157 cm³/mol. The van der Waals surface area contributed by atoms with Crippen LogP contribution in [0, 0.1) is 11.6 Å². The highest BCUT2D eigenvalue weighted by Gasteiger charge is 2.39. The van der Waals surface area contributed by atoms with E-state index in [0.29, 0.717) is 18.4 Å². The molecule has 3 rings (SSSR count). The third-order valence-corrected chi connectivity index (χ3v) is 6.67. The highest BCUT2D eigenvalue weighted by molar-refractivity contribution is 5.88. The number of aromatic carboxylic acids is 1. The zero-order valence-electron chi connectivity index (χ0n) is 25.3. The van der Waals surface area contributed by atoms with Crippen LogP contribution in [0.4, 0.5) is 18.4 Å². The molecule has 12 nitrogen and oxygen atoms in total. The van der Waals surface area contributed by atoms with Gasteiger partial charge in [0.2, 0.25) is 12.0 Å². The maximum Gasteiger partial charge on any atom is 0.408 e. The van der Waals surface area contributed by atoms with E-state index in [2.05, 4.69) is 21.3 Å². The highest BCUT2D eigenvalue weighted by Crippen LogP contribution is 2.17. The fourth-order valence-corrected chi connectivity index (χ4v) is 4.59. The van der Waals surface area contributed by atoms with Gasteiger partial charge in [0, 0.05) is 25.6 Å². The lowest BCUT2D eigenvalue weighted by Crippen LogP contribution is -2.44. The maximum atomic E-state index is 14.2. The fraction of sp³-hybridized carbons (Fsp3) is 0.452. The molecule has 3 atom stereocenters. The van der Waals surface area contributed by atoms with Gasteiger partial charge >= 0.3 is 18.2 Å². The normalized spacial score (nSPS) is 16.6. The van der Waals surface area contributed by atoms with Crippen molar-refractivity contribution < 1.29 is 47.3 Å². The Labute approximate surface area is 259 Å². The fourth-order valence-electron chi connectivity index (χ4n) is 4.59. The minimum absolute atomic E-state index is 0.000994. The summed E-state index contributed by atoms with van der Waals surface area (Å²) in [4.78, 5) is 60.5. The summed E-state index contributed by atoms with van der Waals surface area (Å²) in [6.07, 6.45) is -1.74. The summed E-state index contributed by atoms with van der Waals surface area (Å²) in [6.45, 7) is 5.50. The SMILES string of the molecule is CC(C)(C)OC(=O)NC(CC(=O)NCCCCNC(=O)[C@H]1OC(=O)N[C@@H]1Cc1ccc(C(=O)O)cc1)Cc1cc(F)ccc1F. The molecule has 1 unspecified atom stereocenters. The van der Waals surface area contributed by atoms with E-state index in [1.54, 1.807) is 32.9 Å². The van der Waals surface area contributed by atoms with E-state index < -0.39 is 65.4 Å². The van der Waals surface area contributed by atoms with Crippen LogP contribution in [0.3, 0.4) is 0 Å². The predicted octanol–water partition coefficient (Wildman–Crippen LogP) is 3.22. The molecule has 0 saturated carbocycles. The topological polar surface area (TPSA) is 172 Å². The summed E-state index contributed by atoms with van der Waals surface area (Å²) in [5, 5.41) is 19.6. The summed E-state index contributed by atoms with van der Waals surface area (Å²) in [7, 11) is 0. The molecule has 1 saturated heterocycles. The number of carboxylic acid groups (broad SMARTS) is 1. The molecule has 14 heteroatoms. The first-order chi connectivity index (χ1) is 21.2. The Bertz CT molecular complexity index is 1380. The molecule has 0 radical (unpaired) electrons. The first-order valence-electron chi connectivity index (χ1n) is 14.5. The second-order valence-electron chi connectivity index (χ2n) is 11.6. The minimum Gasteiger partial charge on any atom is -0.478 e. The Balaban J connectivity index is 1.43. The molecular formula is C31H38F2N4O8. The number of hydrogen-bond acceptors (Lipinski definition) is 7. The van der Waals surface area contributed by atoms with Crippen molar-refractivity contribution in [3.05, 3.63) is 70.8 Å². The van der Waals surface area contributed by atoms with Gasteiger partial charge in [0.05, 0.1) is 11.6 Å². The molecule has 0 aliphatic carbocycles. The van der Waals surface area contributed by atoms with Crippen molar-refractivity contribution in [2.24, 2.45) is 0 Å². The van der Waals surface area contributed by atoms with Gasteiger partial charge in [-0.15, -0.1) is 0 Å². The highest BCUT2D eigenvalue weighted by atomic mass is 19.1. The van der Waals surface area contributed by atoms with Gasteiger partial charge < -0.3 is 35.8 Å². The van der Waals surface area contributed by atoms with Crippen LogP contribution in [-0.2, 0) is 31.9 Å². The van der Waals surface area contributed by atoms with Gasteiger partial charge in [-0.25, -0.2) is 23.2 Å².